The Kier molecular flexibility index (Phi) is 4.94. The molecule has 2 aliphatic heterocycles. The standard InChI is InChI=1S/C19H27NO5S/c1-19(2,3)25-18(21)20-13-8-9-14(20)11-17(10-13)26(22,23)16-7-5-6-15(12-16)24-4/h5-7,12-14,17H,8-11H2,1-4H3/t13-,14+,17?. The molecule has 1 amide bonds. The Morgan fingerprint density at radius 1 is 1.15 bits per heavy atom. The normalized spacial score (nSPS) is 25.8. The molecule has 144 valence electrons. The van der Waals surface area contributed by atoms with Gasteiger partial charge < -0.3 is 14.4 Å². The van der Waals surface area contributed by atoms with Crippen LogP contribution in [0.1, 0.15) is 46.5 Å². The summed E-state index contributed by atoms with van der Waals surface area (Å²) in [6, 6.07) is 6.45. The van der Waals surface area contributed by atoms with Gasteiger partial charge in [0.05, 0.1) is 17.3 Å². The Balaban J connectivity index is 1.79. The Morgan fingerprint density at radius 2 is 1.77 bits per heavy atom. The molecular weight excluding hydrogens is 354 g/mol. The summed E-state index contributed by atoms with van der Waals surface area (Å²) in [6.45, 7) is 5.52. The van der Waals surface area contributed by atoms with Gasteiger partial charge >= 0.3 is 6.09 Å². The molecule has 0 N–H and O–H groups in total. The van der Waals surface area contributed by atoms with E-state index in [0.717, 1.165) is 12.8 Å². The molecule has 2 bridgehead atoms. The van der Waals surface area contributed by atoms with Crippen LogP contribution in [0.4, 0.5) is 4.79 Å². The van der Waals surface area contributed by atoms with Crippen LogP contribution in [0.3, 0.4) is 0 Å². The maximum Gasteiger partial charge on any atom is 0.410 e. The molecule has 1 unspecified atom stereocenters. The van der Waals surface area contributed by atoms with Gasteiger partial charge in [-0.3, -0.25) is 0 Å². The van der Waals surface area contributed by atoms with Crippen LogP contribution in [-0.4, -0.2) is 49.5 Å². The van der Waals surface area contributed by atoms with Gasteiger partial charge in [-0.15, -0.1) is 0 Å². The van der Waals surface area contributed by atoms with Crippen LogP contribution >= 0.6 is 0 Å². The number of methoxy groups -OCH3 is 1. The van der Waals surface area contributed by atoms with Crippen molar-refractivity contribution in [3.63, 3.8) is 0 Å². The van der Waals surface area contributed by atoms with Crippen LogP contribution in [0, 0.1) is 0 Å². The minimum absolute atomic E-state index is 0.0750. The molecule has 0 radical (unpaired) electrons. The molecule has 2 aliphatic rings. The van der Waals surface area contributed by atoms with Crippen molar-refractivity contribution in [2.45, 2.75) is 74.3 Å². The Hall–Kier alpha value is -1.76. The third-order valence-corrected chi connectivity index (χ3v) is 7.28. The number of rotatable bonds is 3. The number of nitrogens with zero attached hydrogens (tertiary/aromatic N) is 1. The lowest BCUT2D eigenvalue weighted by Crippen LogP contribution is -2.51. The highest BCUT2D eigenvalue weighted by Gasteiger charge is 2.48. The maximum atomic E-state index is 13.1. The number of hydrogen-bond acceptors (Lipinski definition) is 5. The zero-order valence-electron chi connectivity index (χ0n) is 15.8. The summed E-state index contributed by atoms with van der Waals surface area (Å²) < 4.78 is 36.8. The topological polar surface area (TPSA) is 72.9 Å². The largest absolute Gasteiger partial charge is 0.497 e. The van der Waals surface area contributed by atoms with E-state index in [1.807, 2.05) is 20.8 Å². The lowest BCUT2D eigenvalue weighted by molar-refractivity contribution is 0.00813. The highest BCUT2D eigenvalue weighted by atomic mass is 32.2. The fraction of sp³-hybridized carbons (Fsp3) is 0.632. The van der Waals surface area contributed by atoms with E-state index in [9.17, 15) is 13.2 Å². The summed E-state index contributed by atoms with van der Waals surface area (Å²) in [4.78, 5) is 14.6. The number of ether oxygens (including phenoxy) is 2. The highest BCUT2D eigenvalue weighted by molar-refractivity contribution is 7.92. The van der Waals surface area contributed by atoms with Gasteiger partial charge in [0.15, 0.2) is 9.84 Å². The van der Waals surface area contributed by atoms with Crippen molar-refractivity contribution in [3.8, 4) is 5.75 Å². The van der Waals surface area contributed by atoms with E-state index in [0.29, 0.717) is 18.6 Å². The van der Waals surface area contributed by atoms with E-state index in [-0.39, 0.29) is 23.1 Å². The van der Waals surface area contributed by atoms with Gasteiger partial charge in [-0.05, 0) is 64.7 Å². The van der Waals surface area contributed by atoms with Crippen LogP contribution in [-0.2, 0) is 14.6 Å². The monoisotopic (exact) mass is 381 g/mol. The molecule has 0 aromatic heterocycles. The second kappa shape index (κ2) is 6.76. The van der Waals surface area contributed by atoms with Crippen molar-refractivity contribution in [1.82, 2.24) is 4.90 Å². The van der Waals surface area contributed by atoms with Gasteiger partial charge in [-0.1, -0.05) is 6.07 Å². The van der Waals surface area contributed by atoms with Gasteiger partial charge in [0.1, 0.15) is 11.4 Å². The predicted molar refractivity (Wildman–Crippen MR) is 98.1 cm³/mol. The van der Waals surface area contributed by atoms with E-state index >= 15 is 0 Å². The van der Waals surface area contributed by atoms with Crippen LogP contribution in [0.5, 0.6) is 5.75 Å². The molecular formula is C19H27NO5S. The van der Waals surface area contributed by atoms with E-state index in [1.165, 1.54) is 7.11 Å². The van der Waals surface area contributed by atoms with Gasteiger partial charge in [0.2, 0.25) is 0 Å². The fourth-order valence-electron chi connectivity index (χ4n) is 3.96. The summed E-state index contributed by atoms with van der Waals surface area (Å²) in [7, 11) is -1.94. The van der Waals surface area contributed by atoms with E-state index in [1.54, 1.807) is 29.2 Å². The van der Waals surface area contributed by atoms with Gasteiger partial charge in [0, 0.05) is 12.1 Å². The molecule has 0 spiro atoms. The lowest BCUT2D eigenvalue weighted by Gasteiger charge is -2.39. The molecule has 0 aliphatic carbocycles. The fourth-order valence-corrected chi connectivity index (χ4v) is 5.85. The Morgan fingerprint density at radius 3 is 2.31 bits per heavy atom. The number of piperidine rings is 1. The number of sulfone groups is 1. The first-order valence-electron chi connectivity index (χ1n) is 9.01. The third-order valence-electron chi connectivity index (χ3n) is 5.10. The lowest BCUT2D eigenvalue weighted by atomic mass is 10.0. The quantitative estimate of drug-likeness (QED) is 0.802. The molecule has 3 atom stereocenters. The molecule has 2 fully saturated rings. The summed E-state index contributed by atoms with van der Waals surface area (Å²) in [5.74, 6) is 0.528. The maximum absolute atomic E-state index is 13.1. The van der Waals surface area contributed by atoms with Gasteiger partial charge in [0.25, 0.3) is 0 Å². The van der Waals surface area contributed by atoms with E-state index in [4.69, 9.17) is 9.47 Å². The van der Waals surface area contributed by atoms with E-state index in [2.05, 4.69) is 0 Å². The van der Waals surface area contributed by atoms with Gasteiger partial charge in [-0.25, -0.2) is 13.2 Å². The smallest absolute Gasteiger partial charge is 0.410 e. The first kappa shape index (κ1) is 19.0. The summed E-state index contributed by atoms with van der Waals surface area (Å²) in [5.41, 5.74) is -0.556. The zero-order valence-corrected chi connectivity index (χ0v) is 16.6. The molecule has 26 heavy (non-hydrogen) atoms. The number of hydrogen-bond donors (Lipinski definition) is 0. The van der Waals surface area contributed by atoms with Crippen LogP contribution < -0.4 is 4.74 Å². The predicted octanol–water partition coefficient (Wildman–Crippen LogP) is 3.40. The molecule has 1 aromatic rings. The molecule has 1 aromatic carbocycles. The number of fused-ring (bicyclic) bond motifs is 2. The van der Waals surface area contributed by atoms with Crippen molar-refractivity contribution in [1.29, 1.82) is 0 Å². The first-order valence-corrected chi connectivity index (χ1v) is 10.6. The van der Waals surface area contributed by atoms with Crippen molar-refractivity contribution in [3.05, 3.63) is 24.3 Å². The minimum Gasteiger partial charge on any atom is -0.497 e. The summed E-state index contributed by atoms with van der Waals surface area (Å²) >= 11 is 0. The van der Waals surface area contributed by atoms with Crippen LogP contribution in [0.15, 0.2) is 29.2 Å². The number of carbonyl (C=O) groups excluding carboxylic acids is 1. The third kappa shape index (κ3) is 3.68. The average molecular weight is 381 g/mol. The number of benzene rings is 1. The first-order chi connectivity index (χ1) is 12.1. The second-order valence-electron chi connectivity index (χ2n) is 8.09. The Bertz CT molecular complexity index is 769. The highest BCUT2D eigenvalue weighted by Crippen LogP contribution is 2.40. The van der Waals surface area contributed by atoms with Gasteiger partial charge in [-0.2, -0.15) is 0 Å². The van der Waals surface area contributed by atoms with Crippen molar-refractivity contribution in [2.75, 3.05) is 7.11 Å². The van der Waals surface area contributed by atoms with Crippen molar-refractivity contribution < 1.29 is 22.7 Å². The van der Waals surface area contributed by atoms with Crippen molar-refractivity contribution >= 4 is 15.9 Å². The summed E-state index contributed by atoms with van der Waals surface area (Å²) in [6.07, 6.45) is 2.23. The average Bonchev–Trinajstić information content (AvgIpc) is 2.83. The SMILES string of the molecule is COc1cccc(S(=O)(=O)C2C[C@H]3CC[C@@H](C2)N3C(=O)OC(C)(C)C)c1. The molecule has 2 heterocycles. The molecule has 7 heteroatoms. The van der Waals surface area contributed by atoms with Crippen LogP contribution in [0.25, 0.3) is 0 Å². The van der Waals surface area contributed by atoms with Crippen LogP contribution in [0.2, 0.25) is 0 Å². The summed E-state index contributed by atoms with van der Waals surface area (Å²) in [5, 5.41) is -0.481. The van der Waals surface area contributed by atoms with E-state index < -0.39 is 20.7 Å². The Labute approximate surface area is 155 Å². The number of amides is 1. The molecule has 6 nitrogen and oxygen atoms in total. The zero-order chi connectivity index (χ0) is 19.1. The minimum atomic E-state index is -3.46. The van der Waals surface area contributed by atoms with Crippen molar-refractivity contribution in [2.24, 2.45) is 0 Å². The second-order valence-corrected chi connectivity index (χ2v) is 10.3. The number of carbonyl (C=O) groups is 1. The molecule has 3 rings (SSSR count). The molecule has 2 saturated heterocycles. The molecule has 0 saturated carbocycles.